The van der Waals surface area contributed by atoms with Gasteiger partial charge in [0.1, 0.15) is 5.75 Å². The van der Waals surface area contributed by atoms with Crippen LogP contribution in [0, 0.1) is 11.3 Å². The number of nitrogens with one attached hydrogen (secondary N) is 1. The average molecular weight is 302 g/mol. The van der Waals surface area contributed by atoms with Crippen LogP contribution in [0.1, 0.15) is 6.42 Å². The van der Waals surface area contributed by atoms with Gasteiger partial charge in [-0.05, 0) is 11.5 Å². The van der Waals surface area contributed by atoms with Gasteiger partial charge in [-0.1, -0.05) is 36.4 Å². The molecule has 0 unspecified atom stereocenters. The lowest BCUT2D eigenvalue weighted by atomic mass is 10.1. The van der Waals surface area contributed by atoms with E-state index in [0.717, 1.165) is 10.8 Å². The SMILES string of the molecule is N#CCCS(=O)(=O)CC(=O)Nc1cccc2ccccc12. The largest absolute Gasteiger partial charge is 0.325 e. The Balaban J connectivity index is 2.14. The summed E-state index contributed by atoms with van der Waals surface area (Å²) in [6.07, 6.45) is -0.107. The molecule has 2 rings (SSSR count). The molecule has 0 aliphatic rings. The average Bonchev–Trinajstić information content (AvgIpc) is 2.45. The molecule has 21 heavy (non-hydrogen) atoms. The minimum atomic E-state index is -3.55. The van der Waals surface area contributed by atoms with E-state index < -0.39 is 21.5 Å². The number of carbonyl (C=O) groups is 1. The summed E-state index contributed by atoms with van der Waals surface area (Å²) in [4.78, 5) is 11.9. The Morgan fingerprint density at radius 3 is 2.62 bits per heavy atom. The van der Waals surface area contributed by atoms with Gasteiger partial charge in [-0.15, -0.1) is 0 Å². The summed E-state index contributed by atoms with van der Waals surface area (Å²) >= 11 is 0. The lowest BCUT2D eigenvalue weighted by molar-refractivity contribution is -0.113. The molecule has 0 radical (unpaired) electrons. The monoisotopic (exact) mass is 302 g/mol. The van der Waals surface area contributed by atoms with Gasteiger partial charge >= 0.3 is 0 Å². The summed E-state index contributed by atoms with van der Waals surface area (Å²) < 4.78 is 23.3. The molecule has 5 nitrogen and oxygen atoms in total. The van der Waals surface area contributed by atoms with Crippen molar-refractivity contribution >= 4 is 32.2 Å². The minimum Gasteiger partial charge on any atom is -0.325 e. The zero-order chi connectivity index (χ0) is 15.3. The maximum absolute atomic E-state index is 11.9. The van der Waals surface area contributed by atoms with Crippen LogP contribution in [-0.4, -0.2) is 25.8 Å². The van der Waals surface area contributed by atoms with Crippen LogP contribution in [0.25, 0.3) is 10.8 Å². The fourth-order valence-corrected chi connectivity index (χ4v) is 3.01. The van der Waals surface area contributed by atoms with Crippen LogP contribution in [0.3, 0.4) is 0 Å². The molecule has 0 fully saturated rings. The molecule has 0 aliphatic carbocycles. The van der Waals surface area contributed by atoms with Gasteiger partial charge in [0.2, 0.25) is 5.91 Å². The van der Waals surface area contributed by atoms with E-state index in [1.165, 1.54) is 0 Å². The fourth-order valence-electron chi connectivity index (χ4n) is 1.99. The van der Waals surface area contributed by atoms with E-state index in [1.54, 1.807) is 18.2 Å². The van der Waals surface area contributed by atoms with Crippen LogP contribution >= 0.6 is 0 Å². The van der Waals surface area contributed by atoms with Crippen molar-refractivity contribution in [3.63, 3.8) is 0 Å². The predicted molar refractivity (Wildman–Crippen MR) is 81.5 cm³/mol. The van der Waals surface area contributed by atoms with Crippen molar-refractivity contribution in [2.45, 2.75) is 6.42 Å². The van der Waals surface area contributed by atoms with E-state index in [-0.39, 0.29) is 12.2 Å². The molecular weight excluding hydrogens is 288 g/mol. The summed E-state index contributed by atoms with van der Waals surface area (Å²) in [5, 5.41) is 12.8. The number of nitrogens with zero attached hydrogens (tertiary/aromatic N) is 1. The molecule has 0 aromatic heterocycles. The van der Waals surface area contributed by atoms with Crippen molar-refractivity contribution in [3.8, 4) is 6.07 Å². The quantitative estimate of drug-likeness (QED) is 0.916. The summed E-state index contributed by atoms with van der Waals surface area (Å²) in [5.74, 6) is -1.51. The molecule has 0 bridgehead atoms. The number of hydrogen-bond acceptors (Lipinski definition) is 4. The maximum Gasteiger partial charge on any atom is 0.239 e. The standard InChI is InChI=1S/C15H14N2O3S/c16-9-4-10-21(19,20)11-15(18)17-14-8-3-6-12-5-1-2-7-13(12)14/h1-3,5-8H,4,10-11H2,(H,17,18). The number of hydrogen-bond donors (Lipinski definition) is 1. The predicted octanol–water partition coefficient (Wildman–Crippen LogP) is 2.11. The number of rotatable bonds is 5. The fraction of sp³-hybridized carbons (Fsp3) is 0.200. The van der Waals surface area contributed by atoms with Crippen molar-refractivity contribution in [2.75, 3.05) is 16.8 Å². The molecule has 0 aliphatic heterocycles. The highest BCUT2D eigenvalue weighted by atomic mass is 32.2. The molecule has 0 heterocycles. The van der Waals surface area contributed by atoms with E-state index in [4.69, 9.17) is 5.26 Å². The molecule has 1 N–H and O–H groups in total. The second-order valence-electron chi connectivity index (χ2n) is 4.58. The van der Waals surface area contributed by atoms with E-state index in [0.29, 0.717) is 5.69 Å². The zero-order valence-corrected chi connectivity index (χ0v) is 12.1. The lowest BCUT2D eigenvalue weighted by Gasteiger charge is -2.08. The van der Waals surface area contributed by atoms with Gasteiger partial charge in [-0.3, -0.25) is 4.79 Å². The Morgan fingerprint density at radius 1 is 1.14 bits per heavy atom. The van der Waals surface area contributed by atoms with Crippen LogP contribution in [0.15, 0.2) is 42.5 Å². The first-order valence-electron chi connectivity index (χ1n) is 6.37. The molecule has 0 spiro atoms. The molecular formula is C15H14N2O3S. The summed E-state index contributed by atoms with van der Waals surface area (Å²) in [5.41, 5.74) is 0.577. The second kappa shape index (κ2) is 6.37. The number of carbonyl (C=O) groups excluding carboxylic acids is 1. The first-order valence-corrected chi connectivity index (χ1v) is 8.19. The first kappa shape index (κ1) is 15.0. The highest BCUT2D eigenvalue weighted by Crippen LogP contribution is 2.22. The molecule has 0 saturated heterocycles. The van der Waals surface area contributed by atoms with Crippen molar-refractivity contribution < 1.29 is 13.2 Å². The Morgan fingerprint density at radius 2 is 1.86 bits per heavy atom. The van der Waals surface area contributed by atoms with Gasteiger partial charge in [-0.25, -0.2) is 8.42 Å². The number of fused-ring (bicyclic) bond motifs is 1. The first-order chi connectivity index (χ1) is 10.0. The number of sulfone groups is 1. The highest BCUT2D eigenvalue weighted by molar-refractivity contribution is 7.92. The van der Waals surface area contributed by atoms with Gasteiger partial charge in [0.15, 0.2) is 9.84 Å². The molecule has 108 valence electrons. The van der Waals surface area contributed by atoms with Gasteiger partial charge in [0.05, 0.1) is 11.8 Å². The van der Waals surface area contributed by atoms with Crippen LogP contribution in [-0.2, 0) is 14.6 Å². The molecule has 0 saturated carbocycles. The van der Waals surface area contributed by atoms with E-state index in [2.05, 4.69) is 5.32 Å². The van der Waals surface area contributed by atoms with Crippen LogP contribution in [0.5, 0.6) is 0 Å². The van der Waals surface area contributed by atoms with E-state index >= 15 is 0 Å². The Labute approximate surface area is 123 Å². The van der Waals surface area contributed by atoms with Crippen molar-refractivity contribution in [1.82, 2.24) is 0 Å². The van der Waals surface area contributed by atoms with Gasteiger partial charge in [0, 0.05) is 17.5 Å². The third-order valence-corrected chi connectivity index (χ3v) is 4.47. The smallest absolute Gasteiger partial charge is 0.239 e. The minimum absolute atomic E-state index is 0.107. The summed E-state index contributed by atoms with van der Waals surface area (Å²) in [7, 11) is -3.55. The van der Waals surface area contributed by atoms with E-state index in [1.807, 2.05) is 30.3 Å². The number of anilines is 1. The molecule has 1 amide bonds. The van der Waals surface area contributed by atoms with Crippen LogP contribution in [0.2, 0.25) is 0 Å². The Hall–Kier alpha value is -2.39. The molecule has 6 heteroatoms. The van der Waals surface area contributed by atoms with Gasteiger partial charge < -0.3 is 5.32 Å². The van der Waals surface area contributed by atoms with E-state index in [9.17, 15) is 13.2 Å². The molecule has 2 aromatic carbocycles. The van der Waals surface area contributed by atoms with Gasteiger partial charge in [0.25, 0.3) is 0 Å². The van der Waals surface area contributed by atoms with Crippen LogP contribution < -0.4 is 5.32 Å². The van der Waals surface area contributed by atoms with Crippen molar-refractivity contribution in [1.29, 1.82) is 5.26 Å². The normalized spacial score (nSPS) is 11.0. The summed E-state index contributed by atoms with van der Waals surface area (Å²) in [6, 6.07) is 14.7. The number of benzene rings is 2. The van der Waals surface area contributed by atoms with Crippen molar-refractivity contribution in [3.05, 3.63) is 42.5 Å². The number of nitriles is 1. The molecule has 0 atom stereocenters. The molecule has 2 aromatic rings. The maximum atomic E-state index is 11.9. The Kier molecular flexibility index (Phi) is 4.55. The topological polar surface area (TPSA) is 87.0 Å². The summed E-state index contributed by atoms with van der Waals surface area (Å²) in [6.45, 7) is 0. The van der Waals surface area contributed by atoms with Crippen molar-refractivity contribution in [2.24, 2.45) is 0 Å². The third-order valence-electron chi connectivity index (χ3n) is 2.94. The highest BCUT2D eigenvalue weighted by Gasteiger charge is 2.17. The number of amides is 1. The second-order valence-corrected chi connectivity index (χ2v) is 6.76. The third kappa shape index (κ3) is 4.04. The lowest BCUT2D eigenvalue weighted by Crippen LogP contribution is -2.24. The Bertz CT molecular complexity index is 802. The zero-order valence-electron chi connectivity index (χ0n) is 11.2. The van der Waals surface area contributed by atoms with Crippen LogP contribution in [0.4, 0.5) is 5.69 Å². The van der Waals surface area contributed by atoms with Gasteiger partial charge in [-0.2, -0.15) is 5.26 Å².